The largest absolute Gasteiger partial charge is 0.493 e. The molecule has 1 aliphatic heterocycles. The molecule has 6 heteroatoms. The number of hydrogen-bond acceptors (Lipinski definition) is 5. The average molecular weight is 348 g/mol. The van der Waals surface area contributed by atoms with Gasteiger partial charge in [0.15, 0.2) is 11.5 Å². The highest BCUT2D eigenvalue weighted by molar-refractivity contribution is 5.91. The lowest BCUT2D eigenvalue weighted by Crippen LogP contribution is -2.36. The van der Waals surface area contributed by atoms with Gasteiger partial charge in [-0.15, -0.1) is 0 Å². The van der Waals surface area contributed by atoms with Crippen molar-refractivity contribution >= 4 is 12.0 Å². The van der Waals surface area contributed by atoms with E-state index in [0.717, 1.165) is 38.0 Å². The number of hydrogen-bond donors (Lipinski definition) is 1. The third kappa shape index (κ3) is 5.39. The Morgan fingerprint density at radius 2 is 1.76 bits per heavy atom. The number of rotatable bonds is 7. The molecule has 1 aromatic rings. The van der Waals surface area contributed by atoms with Crippen LogP contribution in [0.3, 0.4) is 0 Å². The first-order valence-corrected chi connectivity index (χ1v) is 8.51. The number of likely N-dealkylation sites (tertiary alicyclic amines) is 1. The summed E-state index contributed by atoms with van der Waals surface area (Å²) in [5.41, 5.74) is 0.809. The lowest BCUT2D eigenvalue weighted by molar-refractivity contribution is -0.116. The molecule has 0 unspecified atom stereocenters. The van der Waals surface area contributed by atoms with Crippen LogP contribution in [0.25, 0.3) is 6.08 Å². The number of ether oxygens (including phenoxy) is 3. The first kappa shape index (κ1) is 19.1. The summed E-state index contributed by atoms with van der Waals surface area (Å²) in [5.74, 6) is 2.14. The van der Waals surface area contributed by atoms with Gasteiger partial charge < -0.3 is 24.4 Å². The predicted octanol–water partition coefficient (Wildman–Crippen LogP) is 2.18. The van der Waals surface area contributed by atoms with Gasteiger partial charge in [-0.25, -0.2) is 0 Å². The molecule has 1 fully saturated rings. The van der Waals surface area contributed by atoms with Crippen LogP contribution in [0.4, 0.5) is 0 Å². The molecule has 1 aliphatic rings. The Bertz CT molecular complexity index is 582. The highest BCUT2D eigenvalue weighted by Gasteiger charge is 2.16. The molecule has 6 nitrogen and oxygen atoms in total. The van der Waals surface area contributed by atoms with E-state index in [9.17, 15) is 4.79 Å². The van der Waals surface area contributed by atoms with Crippen molar-refractivity contribution < 1.29 is 19.0 Å². The van der Waals surface area contributed by atoms with Crippen LogP contribution in [0, 0.1) is 5.92 Å². The second-order valence-corrected chi connectivity index (χ2v) is 6.28. The molecular formula is C19H28N2O4. The Labute approximate surface area is 149 Å². The Morgan fingerprint density at radius 1 is 1.16 bits per heavy atom. The minimum atomic E-state index is -0.0901. The molecule has 0 bridgehead atoms. The van der Waals surface area contributed by atoms with E-state index < -0.39 is 0 Å². The molecule has 0 atom stereocenters. The van der Waals surface area contributed by atoms with E-state index in [-0.39, 0.29) is 5.91 Å². The quantitative estimate of drug-likeness (QED) is 0.766. The monoisotopic (exact) mass is 348 g/mol. The van der Waals surface area contributed by atoms with Gasteiger partial charge in [-0.1, -0.05) is 0 Å². The molecule has 1 saturated heterocycles. The lowest BCUT2D eigenvalue weighted by atomic mass is 9.97. The van der Waals surface area contributed by atoms with Crippen LogP contribution < -0.4 is 19.5 Å². The average Bonchev–Trinajstić information content (AvgIpc) is 2.64. The number of methoxy groups -OCH3 is 3. The Morgan fingerprint density at radius 3 is 2.28 bits per heavy atom. The van der Waals surface area contributed by atoms with Crippen LogP contribution in [0.1, 0.15) is 18.4 Å². The molecular weight excluding hydrogens is 320 g/mol. The highest BCUT2D eigenvalue weighted by Crippen LogP contribution is 2.38. The van der Waals surface area contributed by atoms with Gasteiger partial charge in [-0.3, -0.25) is 4.79 Å². The zero-order valence-corrected chi connectivity index (χ0v) is 15.5. The van der Waals surface area contributed by atoms with E-state index in [2.05, 4.69) is 17.3 Å². The molecule has 0 saturated carbocycles. The fourth-order valence-electron chi connectivity index (χ4n) is 2.94. The fourth-order valence-corrected chi connectivity index (χ4v) is 2.94. The zero-order chi connectivity index (χ0) is 18.2. The molecule has 0 radical (unpaired) electrons. The Balaban J connectivity index is 1.95. The van der Waals surface area contributed by atoms with E-state index in [1.807, 2.05) is 12.1 Å². The first-order chi connectivity index (χ1) is 12.1. The first-order valence-electron chi connectivity index (χ1n) is 8.51. The number of nitrogens with zero attached hydrogens (tertiary/aromatic N) is 1. The maximum Gasteiger partial charge on any atom is 0.244 e. The minimum absolute atomic E-state index is 0.0901. The van der Waals surface area contributed by atoms with Gasteiger partial charge in [0.2, 0.25) is 11.7 Å². The maximum absolute atomic E-state index is 12.1. The second kappa shape index (κ2) is 9.32. The van der Waals surface area contributed by atoms with Crippen LogP contribution >= 0.6 is 0 Å². The molecule has 1 heterocycles. The van der Waals surface area contributed by atoms with Crippen LogP contribution in [0.2, 0.25) is 0 Å². The van der Waals surface area contributed by atoms with Crippen molar-refractivity contribution in [2.24, 2.45) is 5.92 Å². The molecule has 0 spiro atoms. The summed E-state index contributed by atoms with van der Waals surface area (Å²) in [6.07, 6.45) is 5.55. The summed E-state index contributed by atoms with van der Waals surface area (Å²) < 4.78 is 15.9. The lowest BCUT2D eigenvalue weighted by Gasteiger charge is -2.28. The van der Waals surface area contributed by atoms with E-state index in [4.69, 9.17) is 14.2 Å². The van der Waals surface area contributed by atoms with Crippen molar-refractivity contribution in [3.63, 3.8) is 0 Å². The van der Waals surface area contributed by atoms with Gasteiger partial charge in [0.1, 0.15) is 0 Å². The van der Waals surface area contributed by atoms with Gasteiger partial charge in [0, 0.05) is 12.6 Å². The predicted molar refractivity (Wildman–Crippen MR) is 98.4 cm³/mol. The zero-order valence-electron chi connectivity index (χ0n) is 15.5. The third-order valence-electron chi connectivity index (χ3n) is 4.52. The number of nitrogens with one attached hydrogen (secondary N) is 1. The Hall–Kier alpha value is -2.21. The number of amides is 1. The van der Waals surface area contributed by atoms with E-state index in [1.165, 1.54) is 6.08 Å². The summed E-state index contributed by atoms with van der Waals surface area (Å²) in [6, 6.07) is 3.62. The van der Waals surface area contributed by atoms with Gasteiger partial charge in [-0.05, 0) is 62.7 Å². The minimum Gasteiger partial charge on any atom is -0.493 e. The van der Waals surface area contributed by atoms with Crippen LogP contribution in [0.5, 0.6) is 17.2 Å². The van der Waals surface area contributed by atoms with Gasteiger partial charge in [0.25, 0.3) is 0 Å². The molecule has 2 rings (SSSR count). The van der Waals surface area contributed by atoms with Crippen LogP contribution in [-0.2, 0) is 4.79 Å². The van der Waals surface area contributed by atoms with Gasteiger partial charge in [-0.2, -0.15) is 0 Å². The molecule has 0 aromatic heterocycles. The summed E-state index contributed by atoms with van der Waals surface area (Å²) in [6.45, 7) is 2.93. The molecule has 1 aromatic carbocycles. The molecule has 25 heavy (non-hydrogen) atoms. The second-order valence-electron chi connectivity index (χ2n) is 6.28. The van der Waals surface area contributed by atoms with Crippen molar-refractivity contribution in [2.75, 3.05) is 48.0 Å². The molecule has 138 valence electrons. The van der Waals surface area contributed by atoms with Crippen molar-refractivity contribution in [1.29, 1.82) is 0 Å². The SMILES string of the molecule is COc1cc(/C=C/C(=O)NCC2CCN(C)CC2)cc(OC)c1OC. The molecule has 1 amide bonds. The van der Waals surface area contributed by atoms with Gasteiger partial charge >= 0.3 is 0 Å². The highest BCUT2D eigenvalue weighted by atomic mass is 16.5. The summed E-state index contributed by atoms with van der Waals surface area (Å²) >= 11 is 0. The summed E-state index contributed by atoms with van der Waals surface area (Å²) in [7, 11) is 6.83. The number of carbonyl (C=O) groups excluding carboxylic acids is 1. The molecule has 1 N–H and O–H groups in total. The third-order valence-corrected chi connectivity index (χ3v) is 4.52. The normalized spacial score (nSPS) is 16.0. The van der Waals surface area contributed by atoms with Crippen LogP contribution in [-0.4, -0.2) is 58.8 Å². The number of carbonyl (C=O) groups is 1. The van der Waals surface area contributed by atoms with Crippen molar-refractivity contribution in [3.8, 4) is 17.2 Å². The van der Waals surface area contributed by atoms with E-state index in [0.29, 0.717) is 23.2 Å². The maximum atomic E-state index is 12.1. The van der Waals surface area contributed by atoms with Crippen molar-refractivity contribution in [1.82, 2.24) is 10.2 Å². The fraction of sp³-hybridized carbons (Fsp3) is 0.526. The van der Waals surface area contributed by atoms with Crippen molar-refractivity contribution in [2.45, 2.75) is 12.8 Å². The summed E-state index contributed by atoms with van der Waals surface area (Å²) in [4.78, 5) is 14.4. The van der Waals surface area contributed by atoms with Crippen molar-refractivity contribution in [3.05, 3.63) is 23.8 Å². The van der Waals surface area contributed by atoms with Gasteiger partial charge in [0.05, 0.1) is 21.3 Å². The topological polar surface area (TPSA) is 60.0 Å². The molecule has 0 aliphatic carbocycles. The Kier molecular flexibility index (Phi) is 7.13. The standard InChI is InChI=1S/C19H28N2O4/c1-21-9-7-14(8-10-21)13-20-18(22)6-5-15-11-16(23-2)19(25-4)17(12-15)24-3/h5-6,11-12,14H,7-10,13H2,1-4H3,(H,20,22)/b6-5+. The van der Waals surface area contributed by atoms with E-state index >= 15 is 0 Å². The van der Waals surface area contributed by atoms with Crippen LogP contribution in [0.15, 0.2) is 18.2 Å². The smallest absolute Gasteiger partial charge is 0.244 e. The number of benzene rings is 1. The summed E-state index contributed by atoms with van der Waals surface area (Å²) in [5, 5.41) is 2.99. The van der Waals surface area contributed by atoms with E-state index in [1.54, 1.807) is 27.4 Å². The number of piperidine rings is 1.